The van der Waals surface area contributed by atoms with E-state index in [0.29, 0.717) is 48.4 Å². The summed E-state index contributed by atoms with van der Waals surface area (Å²) in [6.45, 7) is 3.18. The number of aromatic nitrogens is 2. The number of rotatable bonds is 10. The molecule has 2 aliphatic heterocycles. The van der Waals surface area contributed by atoms with E-state index in [1.165, 1.54) is 17.9 Å². The van der Waals surface area contributed by atoms with Crippen LogP contribution < -0.4 is 10.3 Å². The van der Waals surface area contributed by atoms with Gasteiger partial charge in [0.2, 0.25) is 18.3 Å². The molecule has 0 aromatic carbocycles. The lowest BCUT2D eigenvalue weighted by Crippen LogP contribution is -2.53. The molecule has 2 N–H and O–H groups in total. The molecule has 11 nitrogen and oxygen atoms in total. The van der Waals surface area contributed by atoms with E-state index in [-0.39, 0.29) is 30.2 Å². The largest absolute Gasteiger partial charge is 0.338 e. The number of hydrazine groups is 1. The van der Waals surface area contributed by atoms with Gasteiger partial charge in [-0.2, -0.15) is 0 Å². The van der Waals surface area contributed by atoms with Gasteiger partial charge in [0.1, 0.15) is 6.04 Å². The highest BCUT2D eigenvalue weighted by Crippen LogP contribution is 2.43. The molecule has 2 saturated carbocycles. The maximum atomic E-state index is 13.5. The molecule has 3 heterocycles. The van der Waals surface area contributed by atoms with Gasteiger partial charge in [0.05, 0.1) is 24.6 Å². The van der Waals surface area contributed by atoms with Gasteiger partial charge in [0.15, 0.2) is 5.78 Å². The third-order valence-electron chi connectivity index (χ3n) is 8.76. The number of hydrogen-bond donors (Lipinski definition) is 2. The first-order chi connectivity index (χ1) is 17.9. The summed E-state index contributed by atoms with van der Waals surface area (Å²) in [6.07, 6.45) is 10.1. The minimum absolute atomic E-state index is 0.0697. The molecule has 4 aliphatic rings. The summed E-state index contributed by atoms with van der Waals surface area (Å²) in [5, 5.41) is 11.8. The van der Waals surface area contributed by atoms with Crippen LogP contribution in [0.3, 0.4) is 0 Å². The average molecular weight is 514 g/mol. The molecule has 0 unspecified atom stereocenters. The summed E-state index contributed by atoms with van der Waals surface area (Å²) in [5.74, 6) is 0.192. The number of ketones is 1. The van der Waals surface area contributed by atoms with E-state index >= 15 is 0 Å². The number of carbonyl (C=O) groups excluding carboxylic acids is 3. The van der Waals surface area contributed by atoms with E-state index < -0.39 is 12.0 Å². The van der Waals surface area contributed by atoms with Crippen molar-refractivity contribution < 1.29 is 19.6 Å². The molecular weight excluding hydrogens is 474 g/mol. The van der Waals surface area contributed by atoms with Crippen LogP contribution in [0.15, 0.2) is 12.3 Å². The first-order valence-corrected chi connectivity index (χ1v) is 13.7. The molecule has 2 amide bonds. The van der Waals surface area contributed by atoms with Gasteiger partial charge in [-0.25, -0.2) is 20.5 Å². The monoisotopic (exact) mass is 513 g/mol. The van der Waals surface area contributed by atoms with Crippen molar-refractivity contribution in [1.29, 1.82) is 0 Å². The van der Waals surface area contributed by atoms with Crippen molar-refractivity contribution in [2.24, 2.45) is 11.8 Å². The number of hydroxylamine groups is 2. The van der Waals surface area contributed by atoms with Crippen molar-refractivity contribution in [2.75, 3.05) is 44.7 Å². The molecule has 11 heteroatoms. The standard InChI is InChI=1S/C26H39N7O4/c1-30-12-13-31(17-26(30)8-9-26)25-27-10-6-21(29-25)15-23(35)22-7-11-28-33(22)24(36)20(16-32(37)18-34)14-19-4-2-3-5-19/h6,10,18-20,22,28,37H,2-5,7-9,11-17H2,1H3/t20-,22+/m1/s1. The molecule has 4 fully saturated rings. The fraction of sp³-hybridized carbons (Fsp3) is 0.731. The molecule has 202 valence electrons. The number of amides is 2. The van der Waals surface area contributed by atoms with Gasteiger partial charge in [-0.15, -0.1) is 0 Å². The highest BCUT2D eigenvalue weighted by molar-refractivity contribution is 5.91. The predicted octanol–water partition coefficient (Wildman–Crippen LogP) is 1.02. The van der Waals surface area contributed by atoms with Gasteiger partial charge in [-0.05, 0) is 44.7 Å². The Morgan fingerprint density at radius 3 is 2.78 bits per heavy atom. The second kappa shape index (κ2) is 11.0. The Morgan fingerprint density at radius 2 is 2.05 bits per heavy atom. The molecule has 2 aliphatic carbocycles. The van der Waals surface area contributed by atoms with Crippen LogP contribution in [-0.2, 0) is 20.8 Å². The van der Waals surface area contributed by atoms with Gasteiger partial charge < -0.3 is 4.90 Å². The lowest BCUT2D eigenvalue weighted by atomic mass is 9.91. The molecule has 0 radical (unpaired) electrons. The summed E-state index contributed by atoms with van der Waals surface area (Å²) in [7, 11) is 2.18. The number of nitrogens with one attached hydrogen (secondary N) is 1. The molecular formula is C26H39N7O4. The number of carbonyl (C=O) groups is 3. The quantitative estimate of drug-likeness (QED) is 0.268. The van der Waals surface area contributed by atoms with Crippen molar-refractivity contribution in [3.63, 3.8) is 0 Å². The molecule has 5 rings (SSSR count). The predicted molar refractivity (Wildman–Crippen MR) is 135 cm³/mol. The number of hydrogen-bond acceptors (Lipinski definition) is 9. The molecule has 1 aromatic heterocycles. The summed E-state index contributed by atoms with van der Waals surface area (Å²) < 4.78 is 0. The Bertz CT molecular complexity index is 997. The minimum atomic E-state index is -0.598. The maximum Gasteiger partial charge on any atom is 0.242 e. The van der Waals surface area contributed by atoms with Crippen LogP contribution in [0.2, 0.25) is 0 Å². The third kappa shape index (κ3) is 5.78. The van der Waals surface area contributed by atoms with Crippen LogP contribution in [0.4, 0.5) is 5.95 Å². The fourth-order valence-corrected chi connectivity index (χ4v) is 6.31. The van der Waals surface area contributed by atoms with Crippen LogP contribution in [0.5, 0.6) is 0 Å². The molecule has 37 heavy (non-hydrogen) atoms. The Labute approximate surface area is 218 Å². The highest BCUT2D eigenvalue weighted by atomic mass is 16.5. The highest BCUT2D eigenvalue weighted by Gasteiger charge is 2.50. The van der Waals surface area contributed by atoms with Gasteiger partial charge in [0, 0.05) is 37.9 Å². The Kier molecular flexibility index (Phi) is 7.73. The summed E-state index contributed by atoms with van der Waals surface area (Å²) in [5.41, 5.74) is 3.98. The van der Waals surface area contributed by atoms with Crippen molar-refractivity contribution in [1.82, 2.24) is 30.4 Å². The van der Waals surface area contributed by atoms with Crippen LogP contribution in [-0.4, -0.2) is 99.6 Å². The minimum Gasteiger partial charge on any atom is -0.338 e. The van der Waals surface area contributed by atoms with E-state index in [2.05, 4.69) is 27.3 Å². The van der Waals surface area contributed by atoms with E-state index in [9.17, 15) is 19.6 Å². The van der Waals surface area contributed by atoms with Gasteiger partial charge in [0.25, 0.3) is 0 Å². The van der Waals surface area contributed by atoms with E-state index in [1.807, 2.05) is 0 Å². The first-order valence-electron chi connectivity index (χ1n) is 13.7. The number of piperazine rings is 1. The second-order valence-corrected chi connectivity index (χ2v) is 11.3. The molecule has 1 spiro atoms. The zero-order chi connectivity index (χ0) is 26.0. The number of anilines is 1. The molecule has 2 saturated heterocycles. The number of likely N-dealkylation sites (N-methyl/N-ethyl adjacent to an activating group) is 1. The fourth-order valence-electron chi connectivity index (χ4n) is 6.31. The Morgan fingerprint density at radius 1 is 1.27 bits per heavy atom. The zero-order valence-electron chi connectivity index (χ0n) is 21.7. The van der Waals surface area contributed by atoms with E-state index in [1.54, 1.807) is 12.3 Å². The Balaban J connectivity index is 1.24. The average Bonchev–Trinajstić information content (AvgIpc) is 3.27. The summed E-state index contributed by atoms with van der Waals surface area (Å²) in [4.78, 5) is 51.8. The van der Waals surface area contributed by atoms with E-state index in [0.717, 1.165) is 45.3 Å². The smallest absolute Gasteiger partial charge is 0.242 e. The molecule has 2 atom stereocenters. The first kappa shape index (κ1) is 26.0. The molecule has 1 aromatic rings. The molecule has 0 bridgehead atoms. The topological polar surface area (TPSA) is 122 Å². The summed E-state index contributed by atoms with van der Waals surface area (Å²) >= 11 is 0. The second-order valence-electron chi connectivity index (χ2n) is 11.3. The lowest BCUT2D eigenvalue weighted by molar-refractivity contribution is -0.159. The number of Topliss-reactive ketones (excluding diaryl/α,β-unsaturated/α-hetero) is 1. The van der Waals surface area contributed by atoms with Crippen molar-refractivity contribution in [2.45, 2.75) is 69.4 Å². The Hall–Kier alpha value is -2.63. The van der Waals surface area contributed by atoms with Crippen molar-refractivity contribution in [3.8, 4) is 0 Å². The van der Waals surface area contributed by atoms with E-state index in [4.69, 9.17) is 4.98 Å². The lowest BCUT2D eigenvalue weighted by Gasteiger charge is -2.40. The van der Waals surface area contributed by atoms with Crippen LogP contribution in [0.1, 0.15) is 57.1 Å². The SMILES string of the molecule is CN1CCN(c2nccc(CC(=O)[C@@H]3CCNN3C(=O)[C@H](CC3CCCC3)CN(O)C=O)n2)CC12CC2. The summed E-state index contributed by atoms with van der Waals surface area (Å²) in [6, 6.07) is 1.17. The van der Waals surface area contributed by atoms with Crippen molar-refractivity contribution >= 4 is 24.0 Å². The van der Waals surface area contributed by atoms with Crippen LogP contribution in [0.25, 0.3) is 0 Å². The zero-order valence-corrected chi connectivity index (χ0v) is 21.7. The number of nitrogens with zero attached hydrogens (tertiary/aromatic N) is 6. The van der Waals surface area contributed by atoms with Crippen LogP contribution in [0, 0.1) is 11.8 Å². The van der Waals surface area contributed by atoms with Crippen LogP contribution >= 0.6 is 0 Å². The third-order valence-corrected chi connectivity index (χ3v) is 8.76. The maximum absolute atomic E-state index is 13.5. The normalized spacial score (nSPS) is 24.4. The van der Waals surface area contributed by atoms with Gasteiger partial charge in [-0.3, -0.25) is 29.5 Å². The van der Waals surface area contributed by atoms with Crippen molar-refractivity contribution in [3.05, 3.63) is 18.0 Å². The van der Waals surface area contributed by atoms with Gasteiger partial charge >= 0.3 is 0 Å². The van der Waals surface area contributed by atoms with Gasteiger partial charge in [-0.1, -0.05) is 25.7 Å².